The maximum atomic E-state index is 12.4. The van der Waals surface area contributed by atoms with E-state index in [1.807, 2.05) is 29.0 Å². The molecule has 3 amide bonds. The number of urea groups is 1. The molecule has 0 aromatic carbocycles. The zero-order chi connectivity index (χ0) is 16.9. The summed E-state index contributed by atoms with van der Waals surface area (Å²) in [4.78, 5) is 28.5. The molecule has 0 spiro atoms. The molecule has 2 saturated heterocycles. The second-order valence-electron chi connectivity index (χ2n) is 6.53. The Hall–Kier alpha value is -1.73. The van der Waals surface area contributed by atoms with Crippen LogP contribution in [0.5, 0.6) is 0 Å². The van der Waals surface area contributed by atoms with Gasteiger partial charge in [-0.2, -0.15) is 0 Å². The molecule has 0 radical (unpaired) electrons. The summed E-state index contributed by atoms with van der Waals surface area (Å²) >= 11 is 0. The van der Waals surface area contributed by atoms with Gasteiger partial charge < -0.3 is 24.9 Å². The van der Waals surface area contributed by atoms with Crippen molar-refractivity contribution < 1.29 is 14.0 Å². The Labute approximate surface area is 154 Å². The minimum Gasteiger partial charge on any atom is -0.467 e. The number of amides is 3. The summed E-state index contributed by atoms with van der Waals surface area (Å²) in [6.07, 6.45) is 3.92. The maximum Gasteiger partial charge on any atom is 0.317 e. The van der Waals surface area contributed by atoms with Crippen LogP contribution in [-0.4, -0.2) is 61.0 Å². The van der Waals surface area contributed by atoms with Crippen LogP contribution in [0.4, 0.5) is 4.79 Å². The van der Waals surface area contributed by atoms with Gasteiger partial charge in [0.1, 0.15) is 5.76 Å². The normalized spacial score (nSPS) is 23.0. The molecule has 0 unspecified atom stereocenters. The minimum absolute atomic E-state index is 0. The summed E-state index contributed by atoms with van der Waals surface area (Å²) in [5, 5.41) is 6.02. The summed E-state index contributed by atoms with van der Waals surface area (Å²) < 4.78 is 5.24. The number of halogens is 1. The molecule has 2 aliphatic rings. The number of hydrogen-bond acceptors (Lipinski definition) is 4. The highest BCUT2D eigenvalue weighted by atomic mass is 35.5. The van der Waals surface area contributed by atoms with E-state index in [1.54, 1.807) is 6.26 Å². The van der Waals surface area contributed by atoms with E-state index in [9.17, 15) is 9.59 Å². The van der Waals surface area contributed by atoms with Crippen molar-refractivity contribution in [2.75, 3.05) is 33.2 Å². The van der Waals surface area contributed by atoms with Crippen molar-refractivity contribution in [1.29, 1.82) is 0 Å². The van der Waals surface area contributed by atoms with Crippen LogP contribution in [0.2, 0.25) is 0 Å². The number of fused-ring (bicyclic) bond motifs is 1. The first-order valence-electron chi connectivity index (χ1n) is 8.68. The first-order valence-corrected chi connectivity index (χ1v) is 8.68. The molecule has 3 heterocycles. The molecule has 2 atom stereocenters. The van der Waals surface area contributed by atoms with Crippen molar-refractivity contribution in [2.24, 2.45) is 5.92 Å². The highest BCUT2D eigenvalue weighted by molar-refractivity contribution is 5.85. The summed E-state index contributed by atoms with van der Waals surface area (Å²) in [6.45, 7) is 3.37. The van der Waals surface area contributed by atoms with E-state index >= 15 is 0 Å². The van der Waals surface area contributed by atoms with Crippen molar-refractivity contribution in [1.82, 2.24) is 20.4 Å². The van der Waals surface area contributed by atoms with Gasteiger partial charge in [0, 0.05) is 38.6 Å². The number of carbonyl (C=O) groups excluding carboxylic acids is 2. The van der Waals surface area contributed by atoms with E-state index in [4.69, 9.17) is 4.42 Å². The van der Waals surface area contributed by atoms with E-state index in [2.05, 4.69) is 10.6 Å². The number of nitrogens with one attached hydrogen (secondary N) is 2. The first kappa shape index (κ1) is 19.6. The zero-order valence-electron chi connectivity index (χ0n) is 14.6. The first-order chi connectivity index (χ1) is 11.7. The van der Waals surface area contributed by atoms with Crippen LogP contribution < -0.4 is 10.6 Å². The fraction of sp³-hybridized carbons (Fsp3) is 0.647. The van der Waals surface area contributed by atoms with Crippen LogP contribution in [0.3, 0.4) is 0 Å². The van der Waals surface area contributed by atoms with Crippen LogP contribution in [-0.2, 0) is 11.3 Å². The molecule has 3 rings (SSSR count). The molecule has 8 heteroatoms. The average Bonchev–Trinajstić information content (AvgIpc) is 3.12. The third-order valence-corrected chi connectivity index (χ3v) is 5.03. The van der Waals surface area contributed by atoms with Crippen molar-refractivity contribution in [3.05, 3.63) is 24.2 Å². The smallest absolute Gasteiger partial charge is 0.317 e. The topological polar surface area (TPSA) is 77.8 Å². The zero-order valence-corrected chi connectivity index (χ0v) is 15.4. The number of rotatable bonds is 5. The number of piperidine rings is 2. The number of hydrogen-bond donors (Lipinski definition) is 2. The lowest BCUT2D eigenvalue weighted by atomic mass is 9.83. The molecule has 2 aliphatic heterocycles. The fourth-order valence-corrected chi connectivity index (χ4v) is 3.75. The molecule has 25 heavy (non-hydrogen) atoms. The van der Waals surface area contributed by atoms with Gasteiger partial charge in [0.15, 0.2) is 0 Å². The molecule has 2 N–H and O–H groups in total. The predicted octanol–water partition coefficient (Wildman–Crippen LogP) is 1.44. The van der Waals surface area contributed by atoms with Crippen LogP contribution >= 0.6 is 12.4 Å². The predicted molar refractivity (Wildman–Crippen MR) is 96.5 cm³/mol. The van der Waals surface area contributed by atoms with Gasteiger partial charge >= 0.3 is 6.03 Å². The van der Waals surface area contributed by atoms with Crippen LogP contribution in [0, 0.1) is 5.92 Å². The second-order valence-corrected chi connectivity index (χ2v) is 6.53. The van der Waals surface area contributed by atoms with Gasteiger partial charge in [-0.15, -0.1) is 12.4 Å². The van der Waals surface area contributed by atoms with Crippen molar-refractivity contribution in [3.8, 4) is 0 Å². The summed E-state index contributed by atoms with van der Waals surface area (Å²) in [7, 11) is 1.90. The van der Waals surface area contributed by atoms with Gasteiger partial charge in [-0.1, -0.05) is 0 Å². The van der Waals surface area contributed by atoms with Gasteiger partial charge in [0.25, 0.3) is 0 Å². The number of likely N-dealkylation sites (tertiary alicyclic amines) is 2. The number of carbonyl (C=O) groups is 2. The third-order valence-electron chi connectivity index (χ3n) is 5.03. The van der Waals surface area contributed by atoms with Crippen LogP contribution in [0.1, 0.15) is 25.0 Å². The second kappa shape index (κ2) is 9.10. The Bertz CT molecular complexity index is 566. The monoisotopic (exact) mass is 370 g/mol. The van der Waals surface area contributed by atoms with Gasteiger partial charge in [0.2, 0.25) is 5.91 Å². The van der Waals surface area contributed by atoms with E-state index in [0.717, 1.165) is 38.2 Å². The van der Waals surface area contributed by atoms with Gasteiger partial charge in [-0.3, -0.25) is 4.79 Å². The van der Waals surface area contributed by atoms with Crippen LogP contribution in [0.25, 0.3) is 0 Å². The molecule has 1 aromatic rings. The molecule has 7 nitrogen and oxygen atoms in total. The molecule has 0 saturated carbocycles. The molecule has 0 aliphatic carbocycles. The highest BCUT2D eigenvalue weighted by Gasteiger charge is 2.39. The lowest BCUT2D eigenvalue weighted by Gasteiger charge is -2.47. The molecule has 2 fully saturated rings. The minimum atomic E-state index is -0.0523. The van der Waals surface area contributed by atoms with E-state index in [-0.39, 0.29) is 30.4 Å². The van der Waals surface area contributed by atoms with Gasteiger partial charge in [0.05, 0.1) is 12.8 Å². The molecular weight excluding hydrogens is 344 g/mol. The number of likely N-dealkylation sites (N-methyl/N-ethyl adjacent to an activating group) is 1. The largest absolute Gasteiger partial charge is 0.467 e. The van der Waals surface area contributed by atoms with Crippen molar-refractivity contribution in [3.63, 3.8) is 0 Å². The van der Waals surface area contributed by atoms with E-state index in [0.29, 0.717) is 25.4 Å². The van der Waals surface area contributed by atoms with Crippen molar-refractivity contribution in [2.45, 2.75) is 31.8 Å². The lowest BCUT2D eigenvalue weighted by molar-refractivity contribution is -0.140. The number of furan rings is 1. The van der Waals surface area contributed by atoms with Crippen molar-refractivity contribution >= 4 is 24.3 Å². The maximum absolute atomic E-state index is 12.4. The summed E-state index contributed by atoms with van der Waals surface area (Å²) in [5.41, 5.74) is 0. The Morgan fingerprint density at radius 3 is 2.96 bits per heavy atom. The summed E-state index contributed by atoms with van der Waals surface area (Å²) in [5.74, 6) is 1.38. The Kier molecular flexibility index (Phi) is 7.13. The molecule has 1 aromatic heterocycles. The fourth-order valence-electron chi connectivity index (χ4n) is 3.75. The SMILES string of the molecule is CNCCN1C(=O)CC[C@H]2CN(C(=O)NCc3ccco3)CC[C@H]21.Cl. The number of nitrogens with zero attached hydrogens (tertiary/aromatic N) is 2. The van der Waals surface area contributed by atoms with Gasteiger partial charge in [-0.25, -0.2) is 4.79 Å². The summed E-state index contributed by atoms with van der Waals surface area (Å²) in [6, 6.07) is 3.88. The lowest BCUT2D eigenvalue weighted by Crippen LogP contribution is -2.58. The van der Waals surface area contributed by atoms with E-state index < -0.39 is 0 Å². The standard InChI is InChI=1S/C17H26N4O3.ClH/c1-18-7-9-21-15-6-8-20(12-13(15)4-5-16(21)22)17(23)19-11-14-3-2-10-24-14;/h2-3,10,13,15,18H,4-9,11-12H2,1H3,(H,19,23);1H/t13-,15+;/m0./s1. The third kappa shape index (κ3) is 4.67. The Morgan fingerprint density at radius 1 is 1.40 bits per heavy atom. The van der Waals surface area contributed by atoms with Gasteiger partial charge in [-0.05, 0) is 37.9 Å². The highest BCUT2D eigenvalue weighted by Crippen LogP contribution is 2.31. The quantitative estimate of drug-likeness (QED) is 0.822. The molecular formula is C17H27ClN4O3. The molecule has 0 bridgehead atoms. The van der Waals surface area contributed by atoms with E-state index in [1.165, 1.54) is 0 Å². The average molecular weight is 371 g/mol. The Morgan fingerprint density at radius 2 is 2.24 bits per heavy atom. The molecule has 140 valence electrons. The Balaban J connectivity index is 0.00000225. The van der Waals surface area contributed by atoms with Crippen LogP contribution in [0.15, 0.2) is 22.8 Å².